The number of hydrogen-bond donors (Lipinski definition) is 2. The fraction of sp³-hybridized carbons (Fsp3) is 0.167. The maximum atomic E-state index is 12.3. The van der Waals surface area contributed by atoms with E-state index < -0.39 is 5.97 Å². The van der Waals surface area contributed by atoms with Crippen LogP contribution in [-0.4, -0.2) is 23.9 Å². The topological polar surface area (TPSA) is 85.9 Å². The van der Waals surface area contributed by atoms with E-state index in [0.717, 1.165) is 11.1 Å². The summed E-state index contributed by atoms with van der Waals surface area (Å²) in [7, 11) is 0. The van der Waals surface area contributed by atoms with Crippen LogP contribution in [0, 0.1) is 6.92 Å². The van der Waals surface area contributed by atoms with Crippen molar-refractivity contribution in [2.45, 2.75) is 13.8 Å². The molecular formula is C18H19N3O3S. The molecule has 0 bridgehead atoms. The van der Waals surface area contributed by atoms with Crippen LogP contribution in [0.25, 0.3) is 0 Å². The smallest absolute Gasteiger partial charge is 0.343 e. The summed E-state index contributed by atoms with van der Waals surface area (Å²) < 4.78 is 11.0. The van der Waals surface area contributed by atoms with Crippen LogP contribution in [0.3, 0.4) is 0 Å². The van der Waals surface area contributed by atoms with Gasteiger partial charge in [-0.05, 0) is 62.0 Å². The molecule has 6 nitrogen and oxygen atoms in total. The highest BCUT2D eigenvalue weighted by molar-refractivity contribution is 7.80. The zero-order chi connectivity index (χ0) is 18.2. The largest absolute Gasteiger partial charge is 0.490 e. The maximum absolute atomic E-state index is 12.3. The third-order valence-electron chi connectivity index (χ3n) is 3.15. The van der Waals surface area contributed by atoms with Gasteiger partial charge in [0.2, 0.25) is 0 Å². The van der Waals surface area contributed by atoms with Crippen LogP contribution in [0.2, 0.25) is 0 Å². The van der Waals surface area contributed by atoms with Crippen LogP contribution in [0.5, 0.6) is 11.5 Å². The Kier molecular flexibility index (Phi) is 6.47. The highest BCUT2D eigenvalue weighted by Gasteiger charge is 2.13. The standard InChI is InChI=1S/C18H19N3O3S/c1-3-23-16-10-13(11-20-21-18(19)25)6-9-15(16)24-17(22)14-7-4-12(2)5-8-14/h4-11H,3H2,1-2H3,(H3,19,21,25). The van der Waals surface area contributed by atoms with Crippen LogP contribution < -0.4 is 20.6 Å². The van der Waals surface area contributed by atoms with Gasteiger partial charge in [-0.1, -0.05) is 17.7 Å². The number of rotatable bonds is 6. The number of thiocarbonyl (C=S) groups is 1. The number of hydrazone groups is 1. The third kappa shape index (κ3) is 5.58. The number of carbonyl (C=O) groups excluding carboxylic acids is 1. The van der Waals surface area contributed by atoms with Gasteiger partial charge in [-0.2, -0.15) is 5.10 Å². The van der Waals surface area contributed by atoms with E-state index in [4.69, 9.17) is 15.2 Å². The molecule has 3 N–H and O–H groups in total. The van der Waals surface area contributed by atoms with Gasteiger partial charge in [0.15, 0.2) is 16.6 Å². The summed E-state index contributed by atoms with van der Waals surface area (Å²) in [6.45, 7) is 4.23. The fourth-order valence-corrected chi connectivity index (χ4v) is 2.03. The van der Waals surface area contributed by atoms with E-state index in [9.17, 15) is 4.79 Å². The summed E-state index contributed by atoms with van der Waals surface area (Å²) in [4.78, 5) is 12.3. The van der Waals surface area contributed by atoms with Crippen molar-refractivity contribution in [1.82, 2.24) is 5.43 Å². The van der Waals surface area contributed by atoms with Crippen molar-refractivity contribution in [2.75, 3.05) is 6.61 Å². The zero-order valence-corrected chi connectivity index (χ0v) is 14.8. The first-order valence-corrected chi connectivity index (χ1v) is 8.04. The Hall–Kier alpha value is -2.93. The van der Waals surface area contributed by atoms with Crippen molar-refractivity contribution in [2.24, 2.45) is 10.8 Å². The van der Waals surface area contributed by atoms with Crippen LogP contribution in [0.15, 0.2) is 47.6 Å². The molecule has 25 heavy (non-hydrogen) atoms. The zero-order valence-electron chi connectivity index (χ0n) is 14.0. The van der Waals surface area contributed by atoms with E-state index >= 15 is 0 Å². The minimum atomic E-state index is -0.447. The molecule has 0 radical (unpaired) electrons. The number of nitrogens with zero attached hydrogens (tertiary/aromatic N) is 1. The quantitative estimate of drug-likeness (QED) is 0.272. The first-order valence-electron chi connectivity index (χ1n) is 7.63. The van der Waals surface area contributed by atoms with Crippen LogP contribution in [0.4, 0.5) is 0 Å². The van der Waals surface area contributed by atoms with Crippen molar-refractivity contribution in [3.63, 3.8) is 0 Å². The molecule has 0 aliphatic rings. The molecule has 0 atom stereocenters. The number of ether oxygens (including phenoxy) is 2. The second-order valence-electron chi connectivity index (χ2n) is 5.13. The predicted octanol–water partition coefficient (Wildman–Crippen LogP) is 2.78. The van der Waals surface area contributed by atoms with E-state index in [0.29, 0.717) is 23.7 Å². The molecule has 0 aromatic heterocycles. The van der Waals surface area contributed by atoms with Crippen LogP contribution in [0.1, 0.15) is 28.4 Å². The number of nitrogens with two attached hydrogens (primary N) is 1. The Morgan fingerprint density at radius 2 is 1.96 bits per heavy atom. The molecule has 2 rings (SSSR count). The number of hydrogen-bond acceptors (Lipinski definition) is 5. The first kappa shape index (κ1) is 18.4. The van der Waals surface area contributed by atoms with E-state index in [1.54, 1.807) is 30.3 Å². The molecular weight excluding hydrogens is 338 g/mol. The Balaban J connectivity index is 2.18. The lowest BCUT2D eigenvalue weighted by Crippen LogP contribution is -2.23. The minimum absolute atomic E-state index is 0.0740. The number of carbonyl (C=O) groups is 1. The SMILES string of the molecule is CCOc1cc(C=NNC(N)=S)ccc1OC(=O)c1ccc(C)cc1. The first-order chi connectivity index (χ1) is 12.0. The van der Waals surface area contributed by atoms with Gasteiger partial charge in [0.25, 0.3) is 0 Å². The summed E-state index contributed by atoms with van der Waals surface area (Å²) in [6, 6.07) is 12.3. The number of benzene rings is 2. The third-order valence-corrected chi connectivity index (χ3v) is 3.24. The van der Waals surface area contributed by atoms with E-state index in [2.05, 4.69) is 22.7 Å². The molecule has 0 heterocycles. The van der Waals surface area contributed by atoms with Gasteiger partial charge in [-0.3, -0.25) is 5.43 Å². The van der Waals surface area contributed by atoms with Crippen molar-refractivity contribution in [3.8, 4) is 11.5 Å². The lowest BCUT2D eigenvalue weighted by Gasteiger charge is -2.11. The summed E-state index contributed by atoms with van der Waals surface area (Å²) >= 11 is 4.67. The molecule has 130 valence electrons. The molecule has 2 aromatic rings. The molecule has 0 unspecified atom stereocenters. The highest BCUT2D eigenvalue weighted by Crippen LogP contribution is 2.29. The fourth-order valence-electron chi connectivity index (χ4n) is 1.98. The number of aryl methyl sites for hydroxylation is 1. The molecule has 7 heteroatoms. The average Bonchev–Trinajstić information content (AvgIpc) is 2.57. The molecule has 0 aliphatic carbocycles. The number of esters is 1. The summed E-state index contributed by atoms with van der Waals surface area (Å²) in [5.41, 5.74) is 10.1. The van der Waals surface area contributed by atoms with Crippen LogP contribution >= 0.6 is 12.2 Å². The van der Waals surface area contributed by atoms with E-state index in [-0.39, 0.29) is 5.11 Å². The van der Waals surface area contributed by atoms with Crippen LogP contribution in [-0.2, 0) is 0 Å². The Bertz CT molecular complexity index is 789. The van der Waals surface area contributed by atoms with Gasteiger partial charge in [-0.15, -0.1) is 0 Å². The molecule has 2 aromatic carbocycles. The molecule has 0 amide bonds. The van der Waals surface area contributed by atoms with Crippen molar-refractivity contribution in [3.05, 3.63) is 59.2 Å². The molecule has 0 saturated heterocycles. The Morgan fingerprint density at radius 3 is 2.60 bits per heavy atom. The summed E-state index contributed by atoms with van der Waals surface area (Å²) in [6.07, 6.45) is 1.53. The molecule has 0 aliphatic heterocycles. The van der Waals surface area contributed by atoms with Gasteiger partial charge < -0.3 is 15.2 Å². The van der Waals surface area contributed by atoms with E-state index in [1.807, 2.05) is 26.0 Å². The van der Waals surface area contributed by atoms with E-state index in [1.165, 1.54) is 6.21 Å². The minimum Gasteiger partial charge on any atom is -0.490 e. The summed E-state index contributed by atoms with van der Waals surface area (Å²) in [5.74, 6) is 0.339. The van der Waals surface area contributed by atoms with Gasteiger partial charge in [0, 0.05) is 0 Å². The lowest BCUT2D eigenvalue weighted by molar-refractivity contribution is 0.0728. The monoisotopic (exact) mass is 357 g/mol. The maximum Gasteiger partial charge on any atom is 0.343 e. The second kappa shape index (κ2) is 8.79. The molecule has 0 saturated carbocycles. The second-order valence-corrected chi connectivity index (χ2v) is 5.57. The molecule has 0 fully saturated rings. The lowest BCUT2D eigenvalue weighted by atomic mass is 10.1. The van der Waals surface area contributed by atoms with Gasteiger partial charge in [-0.25, -0.2) is 4.79 Å². The van der Waals surface area contributed by atoms with Gasteiger partial charge in [0.05, 0.1) is 18.4 Å². The Labute approximate surface area is 151 Å². The van der Waals surface area contributed by atoms with Crippen molar-refractivity contribution in [1.29, 1.82) is 0 Å². The van der Waals surface area contributed by atoms with Gasteiger partial charge in [0.1, 0.15) is 0 Å². The average molecular weight is 357 g/mol. The normalized spacial score (nSPS) is 10.5. The summed E-state index contributed by atoms with van der Waals surface area (Å²) in [5, 5.41) is 3.96. The predicted molar refractivity (Wildman–Crippen MR) is 101 cm³/mol. The number of nitrogens with one attached hydrogen (secondary N) is 1. The van der Waals surface area contributed by atoms with Gasteiger partial charge >= 0.3 is 5.97 Å². The highest BCUT2D eigenvalue weighted by atomic mass is 32.1. The Morgan fingerprint density at radius 1 is 1.24 bits per heavy atom. The van der Waals surface area contributed by atoms with Crippen molar-refractivity contribution >= 4 is 29.5 Å². The van der Waals surface area contributed by atoms with Crippen molar-refractivity contribution < 1.29 is 14.3 Å². The molecule has 0 spiro atoms.